The van der Waals surface area contributed by atoms with Gasteiger partial charge in [-0.1, -0.05) is 18.2 Å². The summed E-state index contributed by atoms with van der Waals surface area (Å²) in [4.78, 5) is 4.47. The third kappa shape index (κ3) is 2.96. The number of hydrogen-bond acceptors (Lipinski definition) is 3. The van der Waals surface area contributed by atoms with E-state index in [0.717, 1.165) is 46.8 Å². The van der Waals surface area contributed by atoms with Crippen molar-refractivity contribution >= 4 is 21.7 Å². The van der Waals surface area contributed by atoms with Gasteiger partial charge in [-0.05, 0) is 59.5 Å². The summed E-state index contributed by atoms with van der Waals surface area (Å²) < 4.78 is 3.09. The van der Waals surface area contributed by atoms with Crippen LogP contribution in [0.25, 0.3) is 5.69 Å². The molecule has 0 saturated carbocycles. The van der Waals surface area contributed by atoms with Crippen molar-refractivity contribution in [2.75, 3.05) is 11.9 Å². The second-order valence-corrected chi connectivity index (χ2v) is 6.87. The summed E-state index contributed by atoms with van der Waals surface area (Å²) in [6.07, 6.45) is 6.05. The van der Waals surface area contributed by atoms with E-state index in [0.29, 0.717) is 0 Å². The Hall–Kier alpha value is -2.14. The molecule has 4 nitrogen and oxygen atoms in total. The molecule has 0 amide bonds. The lowest BCUT2D eigenvalue weighted by Crippen LogP contribution is -2.07. The van der Waals surface area contributed by atoms with Crippen LogP contribution < -0.4 is 5.32 Å². The van der Waals surface area contributed by atoms with Crippen molar-refractivity contribution in [3.63, 3.8) is 0 Å². The van der Waals surface area contributed by atoms with Crippen LogP contribution >= 0.6 is 15.9 Å². The normalized spacial score (nSPS) is 13.9. The van der Waals surface area contributed by atoms with Crippen LogP contribution in [0.15, 0.2) is 53.1 Å². The SMILES string of the molecule is Brc1ccccc1-n1nc(Cc2ccccn2)c2c1NCCCC2. The third-order valence-corrected chi connectivity index (χ3v) is 5.04. The van der Waals surface area contributed by atoms with Crippen molar-refractivity contribution in [2.45, 2.75) is 25.7 Å². The molecule has 0 atom stereocenters. The number of benzene rings is 1. The number of fused-ring (bicyclic) bond motifs is 1. The molecule has 0 unspecified atom stereocenters. The molecule has 1 aromatic carbocycles. The summed E-state index contributed by atoms with van der Waals surface area (Å²) in [5.74, 6) is 1.13. The minimum absolute atomic E-state index is 0.766. The molecule has 0 radical (unpaired) electrons. The fourth-order valence-electron chi connectivity index (χ4n) is 3.19. The molecule has 1 aliphatic rings. The van der Waals surface area contributed by atoms with Gasteiger partial charge in [-0.3, -0.25) is 4.98 Å². The summed E-state index contributed by atoms with van der Waals surface area (Å²) in [6.45, 7) is 0.992. The van der Waals surface area contributed by atoms with Gasteiger partial charge in [0.05, 0.1) is 11.4 Å². The second-order valence-electron chi connectivity index (χ2n) is 6.02. The number of hydrogen-bond donors (Lipinski definition) is 1. The standard InChI is InChI=1S/C19H19BrN4/c20-16-9-1-2-10-18(16)24-19-15(8-4-6-12-22-19)17(23-24)13-14-7-3-5-11-21-14/h1-3,5,7,9-11,22H,4,6,8,12-13H2. The van der Waals surface area contributed by atoms with Gasteiger partial charge < -0.3 is 5.32 Å². The maximum atomic E-state index is 4.94. The summed E-state index contributed by atoms with van der Waals surface area (Å²) >= 11 is 3.66. The van der Waals surface area contributed by atoms with Crippen LogP contribution in [0.4, 0.5) is 5.82 Å². The zero-order chi connectivity index (χ0) is 16.4. The molecule has 0 spiro atoms. The molecule has 0 aliphatic carbocycles. The molecular weight excluding hydrogens is 364 g/mol. The molecule has 122 valence electrons. The zero-order valence-corrected chi connectivity index (χ0v) is 15.0. The van der Waals surface area contributed by atoms with Crippen LogP contribution in [-0.2, 0) is 12.8 Å². The molecular formula is C19H19BrN4. The number of nitrogens with one attached hydrogen (secondary N) is 1. The second kappa shape index (κ2) is 6.77. The van der Waals surface area contributed by atoms with E-state index in [1.165, 1.54) is 18.4 Å². The first kappa shape index (κ1) is 15.4. The van der Waals surface area contributed by atoms with E-state index in [1.54, 1.807) is 0 Å². The Morgan fingerprint density at radius 2 is 1.96 bits per heavy atom. The number of rotatable bonds is 3. The summed E-state index contributed by atoms with van der Waals surface area (Å²) in [5.41, 5.74) is 4.57. The first-order valence-electron chi connectivity index (χ1n) is 8.32. The van der Waals surface area contributed by atoms with Gasteiger partial charge in [-0.2, -0.15) is 5.10 Å². The molecule has 1 aliphatic heterocycles. The highest BCUT2D eigenvalue weighted by Crippen LogP contribution is 2.31. The van der Waals surface area contributed by atoms with Gasteiger partial charge in [-0.15, -0.1) is 0 Å². The largest absolute Gasteiger partial charge is 0.370 e. The van der Waals surface area contributed by atoms with Crippen molar-refractivity contribution in [3.05, 3.63) is 70.1 Å². The van der Waals surface area contributed by atoms with Crippen molar-refractivity contribution in [1.82, 2.24) is 14.8 Å². The molecule has 4 rings (SSSR count). The number of nitrogens with zero attached hydrogens (tertiary/aromatic N) is 3. The monoisotopic (exact) mass is 382 g/mol. The van der Waals surface area contributed by atoms with Crippen molar-refractivity contribution in [3.8, 4) is 5.69 Å². The molecule has 5 heteroatoms. The maximum Gasteiger partial charge on any atom is 0.133 e. The van der Waals surface area contributed by atoms with E-state index in [9.17, 15) is 0 Å². The summed E-state index contributed by atoms with van der Waals surface area (Å²) in [5, 5.41) is 8.53. The van der Waals surface area contributed by atoms with E-state index in [4.69, 9.17) is 5.10 Å². The molecule has 1 N–H and O–H groups in total. The number of pyridine rings is 1. The molecule has 24 heavy (non-hydrogen) atoms. The number of anilines is 1. The van der Waals surface area contributed by atoms with Gasteiger partial charge >= 0.3 is 0 Å². The molecule has 3 aromatic rings. The predicted octanol–water partition coefficient (Wildman–Crippen LogP) is 4.37. The maximum absolute atomic E-state index is 4.94. The lowest BCUT2D eigenvalue weighted by molar-refractivity contribution is 0.765. The average molecular weight is 383 g/mol. The van der Waals surface area contributed by atoms with Crippen molar-refractivity contribution < 1.29 is 0 Å². The number of aromatic nitrogens is 3. The van der Waals surface area contributed by atoms with E-state index >= 15 is 0 Å². The zero-order valence-electron chi connectivity index (χ0n) is 13.4. The lowest BCUT2D eigenvalue weighted by atomic mass is 10.1. The van der Waals surface area contributed by atoms with Crippen molar-refractivity contribution in [1.29, 1.82) is 0 Å². The fraction of sp³-hybridized carbons (Fsp3) is 0.263. The van der Waals surface area contributed by atoms with E-state index < -0.39 is 0 Å². The Kier molecular flexibility index (Phi) is 4.34. The van der Waals surface area contributed by atoms with Gasteiger partial charge in [0.1, 0.15) is 5.82 Å². The first-order chi connectivity index (χ1) is 11.8. The molecule has 0 saturated heterocycles. The smallest absolute Gasteiger partial charge is 0.133 e. The summed E-state index contributed by atoms with van der Waals surface area (Å²) in [7, 11) is 0. The van der Waals surface area contributed by atoms with Crippen molar-refractivity contribution in [2.24, 2.45) is 0 Å². The number of halogens is 1. The summed E-state index contributed by atoms with van der Waals surface area (Å²) in [6, 6.07) is 14.3. The highest BCUT2D eigenvalue weighted by atomic mass is 79.9. The van der Waals surface area contributed by atoms with Crippen LogP contribution in [0.3, 0.4) is 0 Å². The lowest BCUT2D eigenvalue weighted by Gasteiger charge is -2.10. The minimum atomic E-state index is 0.766. The Morgan fingerprint density at radius 3 is 2.79 bits per heavy atom. The third-order valence-electron chi connectivity index (χ3n) is 4.37. The Balaban J connectivity index is 1.81. The first-order valence-corrected chi connectivity index (χ1v) is 9.11. The van der Waals surface area contributed by atoms with Gasteiger partial charge in [0.15, 0.2) is 0 Å². The van der Waals surface area contributed by atoms with Gasteiger partial charge in [0, 0.05) is 34.9 Å². The Labute approximate surface area is 150 Å². The topological polar surface area (TPSA) is 42.7 Å². The van der Waals surface area contributed by atoms with Crippen LogP contribution in [-0.4, -0.2) is 21.3 Å². The quantitative estimate of drug-likeness (QED) is 0.731. The molecule has 3 heterocycles. The van der Waals surface area contributed by atoms with Crippen LogP contribution in [0.2, 0.25) is 0 Å². The highest BCUT2D eigenvalue weighted by Gasteiger charge is 2.21. The molecule has 0 fully saturated rings. The minimum Gasteiger partial charge on any atom is -0.370 e. The average Bonchev–Trinajstić information content (AvgIpc) is 2.79. The predicted molar refractivity (Wildman–Crippen MR) is 99.7 cm³/mol. The van der Waals surface area contributed by atoms with Crippen LogP contribution in [0.1, 0.15) is 29.8 Å². The van der Waals surface area contributed by atoms with Gasteiger partial charge in [-0.25, -0.2) is 4.68 Å². The Morgan fingerprint density at radius 1 is 1.08 bits per heavy atom. The Bertz CT molecular complexity index is 842. The molecule has 2 aromatic heterocycles. The molecule has 0 bridgehead atoms. The highest BCUT2D eigenvalue weighted by molar-refractivity contribution is 9.10. The fourth-order valence-corrected chi connectivity index (χ4v) is 3.64. The van der Waals surface area contributed by atoms with E-state index in [-0.39, 0.29) is 0 Å². The van der Waals surface area contributed by atoms with Gasteiger partial charge in [0.25, 0.3) is 0 Å². The van der Waals surface area contributed by atoms with E-state index in [1.807, 2.05) is 35.1 Å². The van der Waals surface area contributed by atoms with E-state index in [2.05, 4.69) is 44.4 Å². The number of para-hydroxylation sites is 1. The van der Waals surface area contributed by atoms with Crippen LogP contribution in [0.5, 0.6) is 0 Å². The van der Waals surface area contributed by atoms with Crippen LogP contribution in [0, 0.1) is 0 Å². The van der Waals surface area contributed by atoms with Gasteiger partial charge in [0.2, 0.25) is 0 Å².